The van der Waals surface area contributed by atoms with Crippen LogP contribution in [0.5, 0.6) is 0 Å². The molecule has 4 nitrogen and oxygen atoms in total. The van der Waals surface area contributed by atoms with E-state index in [9.17, 15) is 0 Å². The molecule has 1 heterocycles. The molecule has 0 aliphatic carbocycles. The van der Waals surface area contributed by atoms with Crippen LogP contribution >= 0.6 is 0 Å². The highest BCUT2D eigenvalue weighted by atomic mass is 16.5. The summed E-state index contributed by atoms with van der Waals surface area (Å²) >= 11 is 0. The second-order valence-electron chi connectivity index (χ2n) is 4.62. The quantitative estimate of drug-likeness (QED) is 0.684. The van der Waals surface area contributed by atoms with Crippen molar-refractivity contribution in [3.05, 3.63) is 18.7 Å². The number of aryl methyl sites for hydroxylation is 1. The molecule has 0 unspecified atom stereocenters. The van der Waals surface area contributed by atoms with Crippen LogP contribution in [0.25, 0.3) is 0 Å². The summed E-state index contributed by atoms with van der Waals surface area (Å²) in [5, 5.41) is 3.42. The zero-order chi connectivity index (χ0) is 11.9. The zero-order valence-corrected chi connectivity index (χ0v) is 10.6. The van der Waals surface area contributed by atoms with Gasteiger partial charge in [0.2, 0.25) is 0 Å². The standard InChI is InChI=1S/C12H23N3O/c1-12(2,16-3)5-7-13-6-4-9-15-10-8-14-11-15/h8,10-11,13H,4-7,9H2,1-3H3. The van der Waals surface area contributed by atoms with Crippen LogP contribution in [0.3, 0.4) is 0 Å². The van der Waals surface area contributed by atoms with E-state index < -0.39 is 0 Å². The summed E-state index contributed by atoms with van der Waals surface area (Å²) in [4.78, 5) is 4.01. The zero-order valence-electron chi connectivity index (χ0n) is 10.6. The molecule has 0 fully saturated rings. The Morgan fingerprint density at radius 1 is 1.38 bits per heavy atom. The van der Waals surface area contributed by atoms with Crippen molar-refractivity contribution >= 4 is 0 Å². The van der Waals surface area contributed by atoms with Crippen LogP contribution in [0, 0.1) is 0 Å². The van der Waals surface area contributed by atoms with Gasteiger partial charge in [0.25, 0.3) is 0 Å². The number of hydrogen-bond donors (Lipinski definition) is 1. The molecule has 0 saturated heterocycles. The van der Waals surface area contributed by atoms with Crippen molar-refractivity contribution in [2.75, 3.05) is 20.2 Å². The highest BCUT2D eigenvalue weighted by Gasteiger charge is 2.14. The fourth-order valence-electron chi connectivity index (χ4n) is 1.42. The number of rotatable bonds is 8. The molecule has 0 aliphatic rings. The Hall–Kier alpha value is -0.870. The van der Waals surface area contributed by atoms with Crippen molar-refractivity contribution in [3.8, 4) is 0 Å². The van der Waals surface area contributed by atoms with Gasteiger partial charge in [-0.2, -0.15) is 0 Å². The van der Waals surface area contributed by atoms with Gasteiger partial charge in [-0.15, -0.1) is 0 Å². The Morgan fingerprint density at radius 3 is 2.81 bits per heavy atom. The monoisotopic (exact) mass is 225 g/mol. The smallest absolute Gasteiger partial charge is 0.0945 e. The third-order valence-corrected chi connectivity index (χ3v) is 2.79. The van der Waals surface area contributed by atoms with Gasteiger partial charge in [-0.25, -0.2) is 4.98 Å². The molecule has 0 atom stereocenters. The molecular weight excluding hydrogens is 202 g/mol. The van der Waals surface area contributed by atoms with Crippen LogP contribution in [0.15, 0.2) is 18.7 Å². The Kier molecular flexibility index (Phi) is 5.49. The van der Waals surface area contributed by atoms with E-state index in [1.54, 1.807) is 7.11 Å². The number of imidazole rings is 1. The summed E-state index contributed by atoms with van der Waals surface area (Å²) in [6.45, 7) is 7.30. The van der Waals surface area contributed by atoms with Crippen LogP contribution < -0.4 is 5.32 Å². The van der Waals surface area contributed by atoms with Crippen molar-refractivity contribution in [2.45, 2.75) is 38.8 Å². The Morgan fingerprint density at radius 2 is 2.19 bits per heavy atom. The van der Waals surface area contributed by atoms with Gasteiger partial charge in [-0.1, -0.05) is 0 Å². The molecule has 1 aromatic heterocycles. The van der Waals surface area contributed by atoms with Crippen molar-refractivity contribution in [3.63, 3.8) is 0 Å². The van der Waals surface area contributed by atoms with Gasteiger partial charge < -0.3 is 14.6 Å². The van der Waals surface area contributed by atoms with E-state index in [0.29, 0.717) is 0 Å². The first-order valence-corrected chi connectivity index (χ1v) is 5.86. The molecular formula is C12H23N3O. The van der Waals surface area contributed by atoms with E-state index in [1.807, 2.05) is 18.7 Å². The van der Waals surface area contributed by atoms with Gasteiger partial charge in [-0.05, 0) is 39.8 Å². The van der Waals surface area contributed by atoms with Crippen molar-refractivity contribution in [1.29, 1.82) is 0 Å². The van der Waals surface area contributed by atoms with Crippen molar-refractivity contribution in [1.82, 2.24) is 14.9 Å². The highest BCUT2D eigenvalue weighted by Crippen LogP contribution is 2.11. The van der Waals surface area contributed by atoms with E-state index in [4.69, 9.17) is 4.74 Å². The summed E-state index contributed by atoms with van der Waals surface area (Å²) in [6.07, 6.45) is 7.83. The maximum absolute atomic E-state index is 5.35. The summed E-state index contributed by atoms with van der Waals surface area (Å²) in [7, 11) is 1.76. The molecule has 1 aromatic rings. The molecule has 0 saturated carbocycles. The third-order valence-electron chi connectivity index (χ3n) is 2.79. The van der Waals surface area contributed by atoms with E-state index in [0.717, 1.165) is 32.5 Å². The molecule has 1 rings (SSSR count). The summed E-state index contributed by atoms with van der Waals surface area (Å²) in [6, 6.07) is 0. The van der Waals surface area contributed by atoms with E-state index >= 15 is 0 Å². The number of nitrogens with one attached hydrogen (secondary N) is 1. The molecule has 92 valence electrons. The van der Waals surface area contributed by atoms with Crippen LogP contribution in [-0.2, 0) is 11.3 Å². The lowest BCUT2D eigenvalue weighted by Gasteiger charge is -2.22. The van der Waals surface area contributed by atoms with Crippen molar-refractivity contribution < 1.29 is 4.74 Å². The molecule has 4 heteroatoms. The fraction of sp³-hybridized carbons (Fsp3) is 0.750. The molecule has 0 amide bonds. The molecule has 0 aromatic carbocycles. The third kappa shape index (κ3) is 5.28. The van der Waals surface area contributed by atoms with Gasteiger partial charge in [0.1, 0.15) is 0 Å². The molecule has 0 radical (unpaired) electrons. The largest absolute Gasteiger partial charge is 0.379 e. The highest BCUT2D eigenvalue weighted by molar-refractivity contribution is 4.74. The van der Waals surface area contributed by atoms with Crippen LogP contribution in [0.1, 0.15) is 26.7 Å². The first kappa shape index (κ1) is 13.2. The van der Waals surface area contributed by atoms with Gasteiger partial charge in [0, 0.05) is 26.0 Å². The average molecular weight is 225 g/mol. The van der Waals surface area contributed by atoms with E-state index in [2.05, 4.69) is 28.7 Å². The number of ether oxygens (including phenoxy) is 1. The number of hydrogen-bond acceptors (Lipinski definition) is 3. The van der Waals surface area contributed by atoms with Gasteiger partial charge in [0.15, 0.2) is 0 Å². The predicted molar refractivity (Wildman–Crippen MR) is 65.4 cm³/mol. The normalized spacial score (nSPS) is 11.9. The minimum Gasteiger partial charge on any atom is -0.379 e. The minimum atomic E-state index is -0.0165. The Balaban J connectivity index is 1.96. The molecule has 0 spiro atoms. The lowest BCUT2D eigenvalue weighted by Crippen LogP contribution is -2.29. The number of methoxy groups -OCH3 is 1. The summed E-state index contributed by atoms with van der Waals surface area (Å²) in [5.41, 5.74) is -0.0165. The molecule has 0 aliphatic heterocycles. The van der Waals surface area contributed by atoms with Crippen molar-refractivity contribution in [2.24, 2.45) is 0 Å². The lowest BCUT2D eigenvalue weighted by atomic mass is 10.1. The predicted octanol–water partition coefficient (Wildman–Crippen LogP) is 1.68. The number of aromatic nitrogens is 2. The molecule has 0 bridgehead atoms. The summed E-state index contributed by atoms with van der Waals surface area (Å²) < 4.78 is 7.45. The SMILES string of the molecule is COC(C)(C)CCNCCCn1ccnc1. The first-order chi connectivity index (χ1) is 7.64. The molecule has 1 N–H and O–H groups in total. The second kappa shape index (κ2) is 6.66. The maximum Gasteiger partial charge on any atom is 0.0945 e. The maximum atomic E-state index is 5.35. The molecule has 16 heavy (non-hydrogen) atoms. The second-order valence-corrected chi connectivity index (χ2v) is 4.62. The van der Waals surface area contributed by atoms with Crippen LogP contribution in [0.2, 0.25) is 0 Å². The lowest BCUT2D eigenvalue weighted by molar-refractivity contribution is 0.0159. The van der Waals surface area contributed by atoms with E-state index in [-0.39, 0.29) is 5.60 Å². The summed E-state index contributed by atoms with van der Waals surface area (Å²) in [5.74, 6) is 0. The first-order valence-electron chi connectivity index (χ1n) is 5.86. The topological polar surface area (TPSA) is 39.1 Å². The van der Waals surface area contributed by atoms with E-state index in [1.165, 1.54) is 0 Å². The van der Waals surface area contributed by atoms with Gasteiger partial charge in [-0.3, -0.25) is 0 Å². The fourth-order valence-corrected chi connectivity index (χ4v) is 1.42. The van der Waals surface area contributed by atoms with Crippen LogP contribution in [0.4, 0.5) is 0 Å². The van der Waals surface area contributed by atoms with Gasteiger partial charge >= 0.3 is 0 Å². The Bertz CT molecular complexity index is 270. The average Bonchev–Trinajstić information content (AvgIpc) is 2.76. The minimum absolute atomic E-state index is 0.0165. The van der Waals surface area contributed by atoms with Crippen LogP contribution in [-0.4, -0.2) is 35.4 Å². The Labute approximate surface area is 98.0 Å². The van der Waals surface area contributed by atoms with Gasteiger partial charge in [0.05, 0.1) is 11.9 Å². The number of nitrogens with zero attached hydrogens (tertiary/aromatic N) is 2.